The second-order valence-corrected chi connectivity index (χ2v) is 12.3. The molecule has 0 amide bonds. The van der Waals surface area contributed by atoms with Crippen LogP contribution in [0.5, 0.6) is 0 Å². The molecule has 0 aliphatic heterocycles. The van der Waals surface area contributed by atoms with Crippen LogP contribution >= 0.6 is 0 Å². The molecule has 5 nitrogen and oxygen atoms in total. The molecule has 0 saturated heterocycles. The van der Waals surface area contributed by atoms with E-state index < -0.39 is 0 Å². The number of para-hydroxylation sites is 3. The van der Waals surface area contributed by atoms with Crippen molar-refractivity contribution in [3.63, 3.8) is 0 Å². The molecule has 230 valence electrons. The van der Waals surface area contributed by atoms with Crippen molar-refractivity contribution in [3.05, 3.63) is 168 Å². The highest BCUT2D eigenvalue weighted by Gasteiger charge is 2.18. The van der Waals surface area contributed by atoms with Crippen LogP contribution in [0.4, 0.5) is 0 Å². The topological polar surface area (TPSA) is 81.2 Å². The van der Waals surface area contributed by atoms with Crippen molar-refractivity contribution in [2.45, 2.75) is 0 Å². The summed E-state index contributed by atoms with van der Waals surface area (Å²) in [6.45, 7) is 0. The molecule has 0 radical (unpaired) electrons. The fourth-order valence-corrected chi connectivity index (χ4v) is 7.44. The molecule has 7 aromatic carbocycles. The normalized spacial score (nSPS) is 11.1. The highest BCUT2D eigenvalue weighted by molar-refractivity contribution is 6.12. The minimum atomic E-state index is 0.550. The van der Waals surface area contributed by atoms with E-state index in [0.29, 0.717) is 16.7 Å². The highest BCUT2D eigenvalue weighted by atomic mass is 15.0. The van der Waals surface area contributed by atoms with Crippen LogP contribution < -0.4 is 0 Å². The van der Waals surface area contributed by atoms with Gasteiger partial charge in [0.25, 0.3) is 0 Å². The van der Waals surface area contributed by atoms with Crippen LogP contribution in [0.1, 0.15) is 16.7 Å². The molecule has 5 heteroatoms. The van der Waals surface area contributed by atoms with Crippen molar-refractivity contribution >= 4 is 43.6 Å². The molecule has 0 N–H and O–H groups in total. The second-order valence-electron chi connectivity index (χ2n) is 12.3. The molecule has 9 aromatic rings. The monoisotopic (exact) mass is 635 g/mol. The second kappa shape index (κ2) is 11.4. The zero-order valence-corrected chi connectivity index (χ0v) is 26.7. The van der Waals surface area contributed by atoms with Gasteiger partial charge in [0.15, 0.2) is 0 Å². The van der Waals surface area contributed by atoms with Crippen LogP contribution in [-0.4, -0.2) is 9.13 Å². The van der Waals surface area contributed by atoms with Crippen molar-refractivity contribution in [1.82, 2.24) is 9.13 Å². The van der Waals surface area contributed by atoms with Crippen LogP contribution in [0.25, 0.3) is 77.2 Å². The van der Waals surface area contributed by atoms with Crippen molar-refractivity contribution < 1.29 is 0 Å². The number of nitrogens with zero attached hydrogens (tertiary/aromatic N) is 5. The molecule has 0 unspecified atom stereocenters. The van der Waals surface area contributed by atoms with Crippen LogP contribution in [-0.2, 0) is 0 Å². The predicted octanol–water partition coefficient (Wildman–Crippen LogP) is 10.8. The van der Waals surface area contributed by atoms with Crippen molar-refractivity contribution in [3.8, 4) is 51.8 Å². The number of hydrogen-bond acceptors (Lipinski definition) is 3. The van der Waals surface area contributed by atoms with E-state index in [1.54, 1.807) is 0 Å². The van der Waals surface area contributed by atoms with Crippen molar-refractivity contribution in [2.75, 3.05) is 0 Å². The molecule has 0 aliphatic rings. The van der Waals surface area contributed by atoms with Crippen LogP contribution in [0.3, 0.4) is 0 Å². The Bertz CT molecular complexity index is 2900. The molecule has 0 atom stereocenters. The fourth-order valence-electron chi connectivity index (χ4n) is 7.44. The number of rotatable bonds is 4. The first-order chi connectivity index (χ1) is 24.7. The third-order valence-electron chi connectivity index (χ3n) is 9.65. The lowest BCUT2D eigenvalue weighted by molar-refractivity contribution is 1.18. The molecule has 2 heterocycles. The first-order valence-corrected chi connectivity index (χ1v) is 16.3. The van der Waals surface area contributed by atoms with E-state index in [2.05, 4.69) is 124 Å². The summed E-state index contributed by atoms with van der Waals surface area (Å²) in [5.41, 5.74) is 11.5. The highest BCUT2D eigenvalue weighted by Crippen LogP contribution is 2.39. The summed E-state index contributed by atoms with van der Waals surface area (Å²) in [5, 5.41) is 34.0. The van der Waals surface area contributed by atoms with E-state index in [4.69, 9.17) is 0 Å². The average Bonchev–Trinajstić information content (AvgIpc) is 3.70. The van der Waals surface area contributed by atoms with E-state index >= 15 is 0 Å². The number of fused-ring (bicyclic) bond motifs is 6. The fraction of sp³-hybridized carbons (Fsp3) is 0. The molecule has 0 bridgehead atoms. The summed E-state index contributed by atoms with van der Waals surface area (Å²) in [7, 11) is 0. The van der Waals surface area contributed by atoms with E-state index in [1.807, 2.05) is 54.6 Å². The quantitative estimate of drug-likeness (QED) is 0.193. The summed E-state index contributed by atoms with van der Waals surface area (Å²) in [6.07, 6.45) is 0. The maximum Gasteiger partial charge on any atom is 0.0998 e. The molecule has 2 aromatic heterocycles. The standard InChI is InChI=1S/C45H25N5/c46-26-29-16-23-43-39(24-29)45-32(27-47)8-7-15-44(45)49(43)34-20-17-30(18-21-34)31-19-22-35(33(25-31)28-48)36-9-1-4-12-40(36)50-41-13-5-2-10-37(41)38-11-3-6-14-42(38)50/h1-25H. The van der Waals surface area contributed by atoms with E-state index in [-0.39, 0.29) is 0 Å². The summed E-state index contributed by atoms with van der Waals surface area (Å²) in [6, 6.07) is 57.9. The van der Waals surface area contributed by atoms with E-state index in [0.717, 1.165) is 66.5 Å². The van der Waals surface area contributed by atoms with Gasteiger partial charge in [-0.15, -0.1) is 0 Å². The van der Waals surface area contributed by atoms with Crippen LogP contribution in [0.15, 0.2) is 152 Å². The predicted molar refractivity (Wildman–Crippen MR) is 200 cm³/mol. The Morgan fingerprint density at radius 3 is 1.76 bits per heavy atom. The van der Waals surface area contributed by atoms with Gasteiger partial charge in [-0.25, -0.2) is 0 Å². The van der Waals surface area contributed by atoms with Gasteiger partial charge in [-0.05, 0) is 77.9 Å². The Labute approximate surface area is 287 Å². The van der Waals surface area contributed by atoms with Crippen molar-refractivity contribution in [2.24, 2.45) is 0 Å². The smallest absolute Gasteiger partial charge is 0.0998 e. The average molecular weight is 636 g/mol. The SMILES string of the molecule is N#Cc1ccc2c(c1)c1c(C#N)cccc1n2-c1ccc(-c2ccc(-c3ccccc3-n3c4ccccc4c4ccccc43)c(C#N)c2)cc1. The molecule has 0 spiro atoms. The van der Waals surface area contributed by atoms with Gasteiger partial charge in [0.05, 0.1) is 62.7 Å². The van der Waals surface area contributed by atoms with Gasteiger partial charge in [-0.3, -0.25) is 0 Å². The molecular weight excluding hydrogens is 611 g/mol. The molecule has 9 rings (SSSR count). The summed E-state index contributed by atoms with van der Waals surface area (Å²) in [4.78, 5) is 0. The van der Waals surface area contributed by atoms with E-state index in [1.165, 1.54) is 10.8 Å². The molecule has 0 saturated carbocycles. The Morgan fingerprint density at radius 1 is 0.400 bits per heavy atom. The van der Waals surface area contributed by atoms with Gasteiger partial charge in [-0.2, -0.15) is 15.8 Å². The Hall–Kier alpha value is -7.39. The Balaban J connectivity index is 1.14. The molecule has 0 aliphatic carbocycles. The van der Waals surface area contributed by atoms with Gasteiger partial charge in [0.1, 0.15) is 0 Å². The zero-order chi connectivity index (χ0) is 33.8. The summed E-state index contributed by atoms with van der Waals surface area (Å²) in [5.74, 6) is 0. The van der Waals surface area contributed by atoms with Gasteiger partial charge >= 0.3 is 0 Å². The molecule has 0 fully saturated rings. The first-order valence-electron chi connectivity index (χ1n) is 16.3. The largest absolute Gasteiger partial charge is 0.309 e. The lowest BCUT2D eigenvalue weighted by atomic mass is 9.94. The lowest BCUT2D eigenvalue weighted by Crippen LogP contribution is -1.98. The zero-order valence-electron chi connectivity index (χ0n) is 26.7. The van der Waals surface area contributed by atoms with Gasteiger partial charge < -0.3 is 9.13 Å². The van der Waals surface area contributed by atoms with Gasteiger partial charge in [0, 0.05) is 38.4 Å². The van der Waals surface area contributed by atoms with Gasteiger partial charge in [0.2, 0.25) is 0 Å². The summed E-state index contributed by atoms with van der Waals surface area (Å²) >= 11 is 0. The minimum Gasteiger partial charge on any atom is -0.309 e. The number of benzene rings is 7. The van der Waals surface area contributed by atoms with Crippen LogP contribution in [0.2, 0.25) is 0 Å². The summed E-state index contributed by atoms with van der Waals surface area (Å²) < 4.78 is 4.43. The van der Waals surface area contributed by atoms with Gasteiger partial charge in [-0.1, -0.05) is 84.9 Å². The maximum atomic E-state index is 10.5. The Morgan fingerprint density at radius 2 is 1.04 bits per heavy atom. The van der Waals surface area contributed by atoms with Crippen molar-refractivity contribution in [1.29, 1.82) is 15.8 Å². The minimum absolute atomic E-state index is 0.550. The Kier molecular flexibility index (Phi) is 6.56. The number of hydrogen-bond donors (Lipinski definition) is 0. The van der Waals surface area contributed by atoms with Crippen LogP contribution in [0, 0.1) is 34.0 Å². The molecular formula is C45H25N5. The third-order valence-corrected chi connectivity index (χ3v) is 9.65. The first kappa shape index (κ1) is 28.8. The lowest BCUT2D eigenvalue weighted by Gasteiger charge is -2.16. The molecule has 50 heavy (non-hydrogen) atoms. The van der Waals surface area contributed by atoms with E-state index in [9.17, 15) is 15.8 Å². The third kappa shape index (κ3) is 4.31. The maximum absolute atomic E-state index is 10.5. The number of nitriles is 3. The number of aromatic nitrogens is 2.